The Morgan fingerprint density at radius 2 is 1.91 bits per heavy atom. The fourth-order valence-corrected chi connectivity index (χ4v) is 2.70. The van der Waals surface area contributed by atoms with Crippen molar-refractivity contribution in [3.8, 4) is 0 Å². The third-order valence-corrected chi connectivity index (χ3v) is 4.18. The van der Waals surface area contributed by atoms with Crippen LogP contribution in [0.15, 0.2) is 36.4 Å². The van der Waals surface area contributed by atoms with E-state index in [4.69, 9.17) is 5.73 Å². The molecule has 3 rings (SSSR count). The molecular weight excluding hydrogens is 288 g/mol. The summed E-state index contributed by atoms with van der Waals surface area (Å²) in [5, 5.41) is 2.98. The van der Waals surface area contributed by atoms with Gasteiger partial charge in [0.2, 0.25) is 5.91 Å². The SMILES string of the molecule is Cc1cccc(NC(=O)Cn2c(C)nc3c(N)cccc32)c1C. The van der Waals surface area contributed by atoms with E-state index in [0.29, 0.717) is 5.69 Å². The molecule has 3 aromatic rings. The minimum Gasteiger partial charge on any atom is -0.397 e. The number of fused-ring (bicyclic) bond motifs is 1. The molecule has 1 heterocycles. The molecule has 1 aromatic heterocycles. The lowest BCUT2D eigenvalue weighted by Gasteiger charge is -2.12. The molecule has 0 aliphatic heterocycles. The summed E-state index contributed by atoms with van der Waals surface area (Å²) in [6.07, 6.45) is 0. The molecule has 0 aliphatic carbocycles. The van der Waals surface area contributed by atoms with Crippen LogP contribution in [0.2, 0.25) is 0 Å². The minimum atomic E-state index is -0.0801. The fourth-order valence-electron chi connectivity index (χ4n) is 2.70. The van der Waals surface area contributed by atoms with E-state index in [0.717, 1.165) is 33.7 Å². The Hall–Kier alpha value is -2.82. The lowest BCUT2D eigenvalue weighted by atomic mass is 10.1. The number of para-hydroxylation sites is 1. The monoisotopic (exact) mass is 308 g/mol. The number of benzene rings is 2. The summed E-state index contributed by atoms with van der Waals surface area (Å²) in [7, 11) is 0. The van der Waals surface area contributed by atoms with Crippen LogP contribution < -0.4 is 11.1 Å². The van der Waals surface area contributed by atoms with Gasteiger partial charge in [0.1, 0.15) is 17.9 Å². The number of aryl methyl sites for hydroxylation is 2. The minimum absolute atomic E-state index is 0.0801. The van der Waals surface area contributed by atoms with Crippen LogP contribution in [0, 0.1) is 20.8 Å². The number of aromatic nitrogens is 2. The molecule has 0 bridgehead atoms. The second kappa shape index (κ2) is 5.76. The third-order valence-electron chi connectivity index (χ3n) is 4.18. The number of anilines is 2. The number of amides is 1. The van der Waals surface area contributed by atoms with E-state index >= 15 is 0 Å². The van der Waals surface area contributed by atoms with Crippen LogP contribution in [-0.2, 0) is 11.3 Å². The van der Waals surface area contributed by atoms with Gasteiger partial charge in [0.25, 0.3) is 0 Å². The van der Waals surface area contributed by atoms with Gasteiger partial charge >= 0.3 is 0 Å². The van der Waals surface area contributed by atoms with E-state index < -0.39 is 0 Å². The van der Waals surface area contributed by atoms with Gasteiger partial charge in [0.05, 0.1) is 11.2 Å². The van der Waals surface area contributed by atoms with Crippen LogP contribution in [0.3, 0.4) is 0 Å². The highest BCUT2D eigenvalue weighted by molar-refractivity contribution is 5.94. The van der Waals surface area contributed by atoms with Gasteiger partial charge in [-0.2, -0.15) is 0 Å². The van der Waals surface area contributed by atoms with Crippen molar-refractivity contribution in [3.05, 3.63) is 53.3 Å². The smallest absolute Gasteiger partial charge is 0.244 e. The van der Waals surface area contributed by atoms with Crippen molar-refractivity contribution in [2.75, 3.05) is 11.1 Å². The molecule has 0 fully saturated rings. The van der Waals surface area contributed by atoms with Gasteiger partial charge in [-0.1, -0.05) is 18.2 Å². The molecule has 0 unspecified atom stereocenters. The molecular formula is C18H20N4O. The number of carbonyl (C=O) groups excluding carboxylic acids is 1. The van der Waals surface area contributed by atoms with Crippen molar-refractivity contribution in [2.45, 2.75) is 27.3 Å². The summed E-state index contributed by atoms with van der Waals surface area (Å²) >= 11 is 0. The van der Waals surface area contributed by atoms with Crippen LogP contribution in [-0.4, -0.2) is 15.5 Å². The number of nitrogen functional groups attached to an aromatic ring is 1. The number of imidazole rings is 1. The third kappa shape index (κ3) is 2.77. The molecule has 0 spiro atoms. The lowest BCUT2D eigenvalue weighted by Crippen LogP contribution is -2.20. The summed E-state index contributed by atoms with van der Waals surface area (Å²) in [4.78, 5) is 16.9. The van der Waals surface area contributed by atoms with Crippen molar-refractivity contribution in [3.63, 3.8) is 0 Å². The molecule has 2 aromatic carbocycles. The number of nitrogens with two attached hydrogens (primary N) is 1. The van der Waals surface area contributed by atoms with Crippen molar-refractivity contribution < 1.29 is 4.79 Å². The lowest BCUT2D eigenvalue weighted by molar-refractivity contribution is -0.116. The highest BCUT2D eigenvalue weighted by Gasteiger charge is 2.13. The Balaban J connectivity index is 1.88. The van der Waals surface area contributed by atoms with Gasteiger partial charge < -0.3 is 15.6 Å². The summed E-state index contributed by atoms with van der Waals surface area (Å²) in [6, 6.07) is 11.5. The zero-order chi connectivity index (χ0) is 16.6. The molecule has 118 valence electrons. The molecule has 23 heavy (non-hydrogen) atoms. The largest absolute Gasteiger partial charge is 0.397 e. The van der Waals surface area contributed by atoms with Crippen molar-refractivity contribution in [1.29, 1.82) is 0 Å². The quantitative estimate of drug-likeness (QED) is 0.730. The summed E-state index contributed by atoms with van der Waals surface area (Å²) in [5.74, 6) is 0.692. The molecule has 0 atom stereocenters. The fraction of sp³-hybridized carbons (Fsp3) is 0.222. The Kier molecular flexibility index (Phi) is 3.78. The van der Waals surface area contributed by atoms with Crippen molar-refractivity contribution in [2.24, 2.45) is 0 Å². The van der Waals surface area contributed by atoms with Gasteiger partial charge in [-0.3, -0.25) is 4.79 Å². The zero-order valence-electron chi connectivity index (χ0n) is 13.6. The first-order chi connectivity index (χ1) is 11.0. The summed E-state index contributed by atoms with van der Waals surface area (Å²) in [5.41, 5.74) is 11.3. The maximum absolute atomic E-state index is 12.4. The maximum Gasteiger partial charge on any atom is 0.244 e. The standard InChI is InChI=1S/C18H20N4O/c1-11-6-4-8-15(12(11)2)21-17(23)10-22-13(3)20-18-14(19)7-5-9-16(18)22/h4-9H,10,19H2,1-3H3,(H,21,23). The van der Waals surface area contributed by atoms with Crippen LogP contribution in [0.25, 0.3) is 11.0 Å². The number of hydrogen-bond donors (Lipinski definition) is 2. The Bertz CT molecular complexity index is 895. The van der Waals surface area contributed by atoms with Crippen LogP contribution >= 0.6 is 0 Å². The number of carbonyl (C=O) groups is 1. The molecule has 3 N–H and O–H groups in total. The Morgan fingerprint density at radius 3 is 2.70 bits per heavy atom. The molecule has 1 amide bonds. The molecule has 5 heteroatoms. The number of rotatable bonds is 3. The predicted molar refractivity (Wildman–Crippen MR) is 93.4 cm³/mol. The van der Waals surface area contributed by atoms with Gasteiger partial charge in [-0.15, -0.1) is 0 Å². The van der Waals surface area contributed by atoms with Gasteiger partial charge in [0.15, 0.2) is 0 Å². The number of hydrogen-bond acceptors (Lipinski definition) is 3. The van der Waals surface area contributed by atoms with Crippen molar-refractivity contribution in [1.82, 2.24) is 9.55 Å². The van der Waals surface area contributed by atoms with E-state index in [1.165, 1.54) is 0 Å². The summed E-state index contributed by atoms with van der Waals surface area (Å²) < 4.78 is 1.88. The van der Waals surface area contributed by atoms with Gasteiger partial charge in [-0.05, 0) is 50.1 Å². The van der Waals surface area contributed by atoms with Crippen LogP contribution in [0.5, 0.6) is 0 Å². The highest BCUT2D eigenvalue weighted by atomic mass is 16.1. The maximum atomic E-state index is 12.4. The predicted octanol–water partition coefficient (Wildman–Crippen LogP) is 3.18. The molecule has 0 saturated heterocycles. The molecule has 0 saturated carbocycles. The van der Waals surface area contributed by atoms with Gasteiger partial charge in [0, 0.05) is 5.69 Å². The first-order valence-electron chi connectivity index (χ1n) is 7.55. The number of nitrogens with zero attached hydrogens (tertiary/aromatic N) is 2. The topological polar surface area (TPSA) is 72.9 Å². The second-order valence-electron chi connectivity index (χ2n) is 5.76. The van der Waals surface area contributed by atoms with E-state index in [9.17, 15) is 4.79 Å². The normalized spacial score (nSPS) is 10.9. The average Bonchev–Trinajstić information content (AvgIpc) is 2.82. The van der Waals surface area contributed by atoms with E-state index in [1.807, 2.05) is 61.7 Å². The van der Waals surface area contributed by atoms with Crippen LogP contribution in [0.1, 0.15) is 17.0 Å². The zero-order valence-corrected chi connectivity index (χ0v) is 13.6. The number of nitrogens with one attached hydrogen (secondary N) is 1. The Labute approximate surface area is 135 Å². The van der Waals surface area contributed by atoms with E-state index in [-0.39, 0.29) is 12.5 Å². The first kappa shape index (κ1) is 15.1. The highest BCUT2D eigenvalue weighted by Crippen LogP contribution is 2.22. The van der Waals surface area contributed by atoms with Gasteiger partial charge in [-0.25, -0.2) is 4.98 Å². The average molecular weight is 308 g/mol. The first-order valence-corrected chi connectivity index (χ1v) is 7.55. The van der Waals surface area contributed by atoms with Crippen molar-refractivity contribution >= 4 is 28.3 Å². The Morgan fingerprint density at radius 1 is 1.17 bits per heavy atom. The van der Waals surface area contributed by atoms with E-state index in [1.54, 1.807) is 0 Å². The molecule has 0 radical (unpaired) electrons. The van der Waals surface area contributed by atoms with E-state index in [2.05, 4.69) is 10.3 Å². The molecule has 5 nitrogen and oxygen atoms in total. The second-order valence-corrected chi connectivity index (χ2v) is 5.76. The summed E-state index contributed by atoms with van der Waals surface area (Å²) in [6.45, 7) is 6.12. The molecule has 0 aliphatic rings. The van der Waals surface area contributed by atoms with Crippen LogP contribution in [0.4, 0.5) is 11.4 Å².